The number of unbranched alkanes of at least 4 members (excludes halogenated alkanes) is 31. The Bertz CT molecular complexity index is 2410. The summed E-state index contributed by atoms with van der Waals surface area (Å²) in [5.41, 5.74) is 0. The third-order valence-corrected chi connectivity index (χ3v) is 18.7. The number of phosphoric ester groups is 2. The highest BCUT2D eigenvalue weighted by Crippen LogP contribution is 2.45. The molecule has 0 spiro atoms. The van der Waals surface area contributed by atoms with Gasteiger partial charge in [0, 0.05) is 19.3 Å². The van der Waals surface area contributed by atoms with Gasteiger partial charge in [0.2, 0.25) is 0 Å². The van der Waals surface area contributed by atoms with Gasteiger partial charge in [-0.15, -0.1) is 0 Å². The lowest BCUT2D eigenvalue weighted by Crippen LogP contribution is -2.30. The van der Waals surface area contributed by atoms with Crippen molar-refractivity contribution in [2.75, 3.05) is 39.6 Å². The molecule has 0 amide bonds. The molecule has 0 aliphatic rings. The summed E-state index contributed by atoms with van der Waals surface area (Å²) >= 11 is 0. The Balaban J connectivity index is 4.55. The van der Waals surface area contributed by atoms with E-state index in [0.29, 0.717) is 19.3 Å². The van der Waals surface area contributed by atoms with Crippen molar-refractivity contribution in [2.45, 2.75) is 347 Å². The molecule has 5 unspecified atom stereocenters. The molecule has 0 aliphatic carbocycles. The van der Waals surface area contributed by atoms with Crippen LogP contribution in [-0.2, 0) is 55.8 Å². The summed E-state index contributed by atoms with van der Waals surface area (Å²) in [6.07, 6.45) is 93.5. The third kappa shape index (κ3) is 78.6. The van der Waals surface area contributed by atoms with Crippen molar-refractivity contribution in [3.63, 3.8) is 0 Å². The Morgan fingerprint density at radius 2 is 0.515 bits per heavy atom. The number of phosphoric acid groups is 2. The van der Waals surface area contributed by atoms with E-state index >= 15 is 0 Å². The molecule has 16 nitrogen and oxygen atoms in total. The van der Waals surface area contributed by atoms with Crippen LogP contribution in [0.25, 0.3) is 0 Å². The molecule has 0 aliphatic heterocycles. The lowest BCUT2D eigenvalue weighted by atomic mass is 10.0. The number of ether oxygens (including phenoxy) is 3. The second-order valence-corrected chi connectivity index (χ2v) is 29.7. The first-order valence-corrected chi connectivity index (χ1v) is 43.5. The van der Waals surface area contributed by atoms with Crippen LogP contribution in [0.3, 0.4) is 0 Å². The minimum absolute atomic E-state index is 0.0796. The van der Waals surface area contributed by atoms with Gasteiger partial charge in [-0.1, -0.05) is 302 Å². The van der Waals surface area contributed by atoms with Crippen LogP contribution < -0.4 is 0 Å². The van der Waals surface area contributed by atoms with Crippen LogP contribution in [0.5, 0.6) is 0 Å². The predicted octanol–water partition coefficient (Wildman–Crippen LogP) is 23.9. The minimum atomic E-state index is -4.94. The van der Waals surface area contributed by atoms with Crippen LogP contribution in [-0.4, -0.2) is 95.9 Å². The van der Waals surface area contributed by atoms with Crippen LogP contribution in [0.2, 0.25) is 0 Å². The molecule has 0 aromatic heterocycles. The van der Waals surface area contributed by atoms with Gasteiger partial charge in [0.1, 0.15) is 25.4 Å². The van der Waals surface area contributed by atoms with Crippen molar-refractivity contribution in [3.05, 3.63) is 134 Å². The fourth-order valence-electron chi connectivity index (χ4n) is 10.7. The van der Waals surface area contributed by atoms with Gasteiger partial charge in [0.05, 0.1) is 26.4 Å². The van der Waals surface area contributed by atoms with Gasteiger partial charge in [-0.2, -0.15) is 0 Å². The van der Waals surface area contributed by atoms with E-state index in [4.69, 9.17) is 32.3 Å². The standard InChI is InChI=1S/C85H146O16P2/c1-4-7-10-13-16-19-22-25-28-30-32-34-36-37-38-39-40-41-43-45-46-48-51-53-56-59-62-65-68-71-83(88)95-74-80(86)75-97-102(91,92)98-76-81(87)77-99-103(93,94)100-79-82(101-85(90)73-70-67-64-61-58-55-50-27-24-21-18-15-12-9-6-3)78-96-84(89)72-69-66-63-60-57-54-52-49-47-44-42-35-33-31-29-26-23-20-17-14-11-8-5-2/h9,12,16-21,25-29,32-35,37-38,44,47,50,80-82,86-87H,4-8,10-11,13-15,22-24,30-31,36,39-43,45-46,48-49,51-79H2,1-3H3,(H,91,92)(H,93,94)/b12-9-,19-16-,20-17-,21-18-,28-25-,29-26-,34-32-,35-33-,38-37-,47-44-,50-27-. The Hall–Kier alpha value is -4.31. The number of esters is 3. The number of rotatable bonds is 76. The van der Waals surface area contributed by atoms with Gasteiger partial charge in [-0.25, -0.2) is 9.13 Å². The zero-order valence-corrected chi connectivity index (χ0v) is 66.5. The molecule has 0 saturated carbocycles. The quantitative estimate of drug-likeness (QED) is 0.0146. The van der Waals surface area contributed by atoms with Crippen molar-refractivity contribution < 1.29 is 75.8 Å². The zero-order valence-electron chi connectivity index (χ0n) is 64.7. The lowest BCUT2D eigenvalue weighted by molar-refractivity contribution is -0.161. The fraction of sp³-hybridized carbons (Fsp3) is 0.706. The van der Waals surface area contributed by atoms with Gasteiger partial charge in [0.15, 0.2) is 6.10 Å². The van der Waals surface area contributed by atoms with E-state index < -0.39 is 91.5 Å². The summed E-state index contributed by atoms with van der Waals surface area (Å²) in [7, 11) is -9.80. The van der Waals surface area contributed by atoms with Crippen molar-refractivity contribution in [3.8, 4) is 0 Å². The first-order chi connectivity index (χ1) is 50.2. The van der Waals surface area contributed by atoms with Crippen molar-refractivity contribution in [2.24, 2.45) is 0 Å². The van der Waals surface area contributed by atoms with Crippen LogP contribution in [0.4, 0.5) is 0 Å². The average molecular weight is 1490 g/mol. The summed E-state index contributed by atoms with van der Waals surface area (Å²) < 4.78 is 61.2. The Labute approximate surface area is 626 Å². The molecule has 0 radical (unpaired) electrons. The number of hydrogen-bond donors (Lipinski definition) is 4. The van der Waals surface area contributed by atoms with Gasteiger partial charge in [-0.3, -0.25) is 32.5 Å². The number of hydrogen-bond acceptors (Lipinski definition) is 14. The zero-order chi connectivity index (χ0) is 75.2. The molecule has 0 fully saturated rings. The molecule has 18 heteroatoms. The van der Waals surface area contributed by atoms with E-state index in [1.165, 1.54) is 109 Å². The molecule has 103 heavy (non-hydrogen) atoms. The average Bonchev–Trinajstić information content (AvgIpc) is 0.937. The molecule has 0 bridgehead atoms. The summed E-state index contributed by atoms with van der Waals surface area (Å²) in [5, 5.41) is 20.6. The van der Waals surface area contributed by atoms with Gasteiger partial charge < -0.3 is 34.2 Å². The van der Waals surface area contributed by atoms with Crippen molar-refractivity contribution >= 4 is 33.6 Å². The van der Waals surface area contributed by atoms with E-state index in [1.807, 2.05) is 0 Å². The molecule has 0 heterocycles. The Morgan fingerprint density at radius 3 is 0.816 bits per heavy atom. The first kappa shape index (κ1) is 98.7. The molecule has 592 valence electrons. The topological polar surface area (TPSA) is 231 Å². The van der Waals surface area contributed by atoms with Gasteiger partial charge >= 0.3 is 33.6 Å². The smallest absolute Gasteiger partial charge is 0.463 e. The van der Waals surface area contributed by atoms with E-state index in [1.54, 1.807) is 0 Å². The van der Waals surface area contributed by atoms with Crippen molar-refractivity contribution in [1.29, 1.82) is 0 Å². The van der Waals surface area contributed by atoms with E-state index in [0.717, 1.165) is 161 Å². The second kappa shape index (κ2) is 77.3. The number of aliphatic hydroxyl groups excluding tert-OH is 2. The molecule has 0 aromatic carbocycles. The number of allylic oxidation sites excluding steroid dienone is 22. The molecular weight excluding hydrogens is 1340 g/mol. The Kier molecular flexibility index (Phi) is 74.1. The van der Waals surface area contributed by atoms with Crippen LogP contribution in [0, 0.1) is 0 Å². The summed E-state index contributed by atoms with van der Waals surface area (Å²) in [6, 6.07) is 0. The maximum Gasteiger partial charge on any atom is 0.472 e. The molecule has 4 N–H and O–H groups in total. The highest BCUT2D eigenvalue weighted by Gasteiger charge is 2.29. The largest absolute Gasteiger partial charge is 0.472 e. The summed E-state index contributed by atoms with van der Waals surface area (Å²) in [6.45, 7) is 2.49. The Morgan fingerprint density at radius 1 is 0.282 bits per heavy atom. The number of aliphatic hydroxyl groups is 2. The van der Waals surface area contributed by atoms with Crippen LogP contribution in [0.15, 0.2) is 134 Å². The van der Waals surface area contributed by atoms with Crippen LogP contribution >= 0.6 is 15.6 Å². The van der Waals surface area contributed by atoms with E-state index in [9.17, 15) is 43.5 Å². The molecule has 0 saturated heterocycles. The number of carbonyl (C=O) groups excluding carboxylic acids is 3. The van der Waals surface area contributed by atoms with Crippen LogP contribution in [0.1, 0.15) is 329 Å². The normalized spacial score (nSPS) is 14.7. The summed E-state index contributed by atoms with van der Waals surface area (Å²) in [4.78, 5) is 58.7. The molecule has 0 aromatic rings. The number of carbonyl (C=O) groups is 3. The van der Waals surface area contributed by atoms with E-state index in [2.05, 4.69) is 154 Å². The fourth-order valence-corrected chi connectivity index (χ4v) is 12.3. The van der Waals surface area contributed by atoms with Gasteiger partial charge in [-0.05, 0) is 141 Å². The minimum Gasteiger partial charge on any atom is -0.463 e. The highest BCUT2D eigenvalue weighted by atomic mass is 31.2. The molecule has 0 rings (SSSR count). The maximum atomic E-state index is 13.0. The highest BCUT2D eigenvalue weighted by molar-refractivity contribution is 7.47. The molecular formula is C85H146O16P2. The lowest BCUT2D eigenvalue weighted by Gasteiger charge is -2.21. The SMILES string of the molecule is CC/C=C\C/C=C\C/C=C\CCCCCCCC(=O)OC(COC(=O)CCCCCCCCC/C=C\C/C=C\C/C=C\C/C=C\CCCCC)COP(=O)(O)OCC(O)COP(=O)(O)OCC(O)COC(=O)CCCCCCCCCCCCCCC/C=C\C/C=C\C/C=C\C/C=C\CCCCC. The first-order valence-electron chi connectivity index (χ1n) is 40.5. The predicted molar refractivity (Wildman–Crippen MR) is 426 cm³/mol. The molecule has 5 atom stereocenters. The second-order valence-electron chi connectivity index (χ2n) is 26.8. The summed E-state index contributed by atoms with van der Waals surface area (Å²) in [5.74, 6) is -1.61. The maximum absolute atomic E-state index is 13.0. The van der Waals surface area contributed by atoms with Gasteiger partial charge in [0.25, 0.3) is 0 Å². The van der Waals surface area contributed by atoms with Crippen molar-refractivity contribution in [1.82, 2.24) is 0 Å². The van der Waals surface area contributed by atoms with E-state index in [-0.39, 0.29) is 19.3 Å². The third-order valence-electron chi connectivity index (χ3n) is 16.8. The monoisotopic (exact) mass is 1490 g/mol.